The van der Waals surface area contributed by atoms with E-state index < -0.39 is 24.3 Å². The van der Waals surface area contributed by atoms with E-state index in [-0.39, 0.29) is 12.0 Å². The Hall–Kier alpha value is -0.200. The van der Waals surface area contributed by atoms with Crippen LogP contribution < -0.4 is 0 Å². The van der Waals surface area contributed by atoms with Gasteiger partial charge in [0.15, 0.2) is 12.1 Å². The first-order valence-electron chi connectivity index (χ1n) is 5.63. The van der Waals surface area contributed by atoms with Crippen molar-refractivity contribution in [2.75, 3.05) is 13.7 Å². The fourth-order valence-corrected chi connectivity index (χ4v) is 2.32. The molecule has 2 fully saturated rings. The zero-order chi connectivity index (χ0) is 11.9. The summed E-state index contributed by atoms with van der Waals surface area (Å²) >= 11 is 0. The Labute approximate surface area is 95.6 Å². The van der Waals surface area contributed by atoms with Crippen LogP contribution in [-0.4, -0.2) is 49.2 Å². The molecule has 0 aromatic rings. The van der Waals surface area contributed by atoms with Gasteiger partial charge in [0.1, 0.15) is 12.2 Å². The van der Waals surface area contributed by atoms with Gasteiger partial charge in [-0.15, -0.1) is 0 Å². The van der Waals surface area contributed by atoms with E-state index in [1.165, 1.54) is 7.11 Å². The molecule has 5 heteroatoms. The number of aliphatic hydroxyl groups is 1. The molecule has 2 aliphatic rings. The van der Waals surface area contributed by atoms with Crippen molar-refractivity contribution in [2.45, 2.75) is 51.2 Å². The van der Waals surface area contributed by atoms with Crippen molar-refractivity contribution in [3.8, 4) is 0 Å². The van der Waals surface area contributed by atoms with Crippen LogP contribution in [0.25, 0.3) is 0 Å². The highest BCUT2D eigenvalue weighted by Crippen LogP contribution is 2.36. The van der Waals surface area contributed by atoms with Gasteiger partial charge < -0.3 is 24.1 Å². The Kier molecular flexibility index (Phi) is 3.25. The molecule has 5 atom stereocenters. The average molecular weight is 232 g/mol. The van der Waals surface area contributed by atoms with Crippen LogP contribution in [0.3, 0.4) is 0 Å². The van der Waals surface area contributed by atoms with Crippen molar-refractivity contribution < 1.29 is 24.1 Å². The molecule has 0 aromatic heterocycles. The summed E-state index contributed by atoms with van der Waals surface area (Å²) in [5.41, 5.74) is 0. The minimum atomic E-state index is -0.818. The van der Waals surface area contributed by atoms with Gasteiger partial charge in [-0.05, 0) is 13.8 Å². The Morgan fingerprint density at radius 1 is 1.25 bits per heavy atom. The largest absolute Gasteiger partial charge is 0.385 e. The third-order valence-electron chi connectivity index (χ3n) is 3.10. The van der Waals surface area contributed by atoms with Crippen LogP contribution in [0.15, 0.2) is 0 Å². The van der Waals surface area contributed by atoms with E-state index in [1.54, 1.807) is 0 Å². The van der Waals surface area contributed by atoms with Crippen LogP contribution in [-0.2, 0) is 18.9 Å². The number of hydrogen-bond donors (Lipinski definition) is 1. The van der Waals surface area contributed by atoms with E-state index in [0.29, 0.717) is 6.61 Å². The zero-order valence-corrected chi connectivity index (χ0v) is 10.2. The van der Waals surface area contributed by atoms with E-state index in [4.69, 9.17) is 18.9 Å². The Bertz CT molecular complexity index is 255. The van der Waals surface area contributed by atoms with Gasteiger partial charge in [0.25, 0.3) is 0 Å². The molecule has 0 amide bonds. The molecule has 2 rings (SSSR count). The zero-order valence-electron chi connectivity index (χ0n) is 10.2. The maximum Gasteiger partial charge on any atom is 0.185 e. The molecule has 0 saturated carbocycles. The van der Waals surface area contributed by atoms with Crippen LogP contribution in [0.1, 0.15) is 20.8 Å². The molecule has 0 aromatic carbocycles. The minimum absolute atomic E-state index is 0.148. The molecule has 0 radical (unpaired) electrons. The van der Waals surface area contributed by atoms with Crippen LogP contribution in [0.5, 0.6) is 0 Å². The van der Waals surface area contributed by atoms with Gasteiger partial charge in [-0.2, -0.15) is 0 Å². The molecule has 16 heavy (non-hydrogen) atoms. The SMILES string of the molecule is COC1OCC(C)C2OC(C)(C)OC2C1O. The highest BCUT2D eigenvalue weighted by Gasteiger charge is 2.51. The third kappa shape index (κ3) is 2.10. The number of aliphatic hydroxyl groups excluding tert-OH is 1. The lowest BCUT2D eigenvalue weighted by Gasteiger charge is -2.25. The summed E-state index contributed by atoms with van der Waals surface area (Å²) < 4.78 is 22.1. The van der Waals surface area contributed by atoms with E-state index >= 15 is 0 Å². The van der Waals surface area contributed by atoms with E-state index in [0.717, 1.165) is 0 Å². The molecule has 5 nitrogen and oxygen atoms in total. The monoisotopic (exact) mass is 232 g/mol. The number of hydrogen-bond acceptors (Lipinski definition) is 5. The van der Waals surface area contributed by atoms with Gasteiger partial charge >= 0.3 is 0 Å². The highest BCUT2D eigenvalue weighted by atomic mass is 16.8. The van der Waals surface area contributed by atoms with Crippen molar-refractivity contribution in [1.29, 1.82) is 0 Å². The van der Waals surface area contributed by atoms with Crippen LogP contribution in [0, 0.1) is 5.92 Å². The molecule has 0 spiro atoms. The summed E-state index contributed by atoms with van der Waals surface area (Å²) in [5, 5.41) is 10.1. The first-order valence-corrected chi connectivity index (χ1v) is 5.63. The number of methoxy groups -OCH3 is 1. The Morgan fingerprint density at radius 2 is 1.88 bits per heavy atom. The lowest BCUT2D eigenvalue weighted by Crippen LogP contribution is -2.43. The summed E-state index contributed by atoms with van der Waals surface area (Å²) in [5.74, 6) is -0.484. The first kappa shape index (κ1) is 12.3. The van der Waals surface area contributed by atoms with E-state index in [2.05, 4.69) is 0 Å². The van der Waals surface area contributed by atoms with Gasteiger partial charge in [-0.3, -0.25) is 0 Å². The van der Waals surface area contributed by atoms with Gasteiger partial charge in [0.2, 0.25) is 0 Å². The van der Waals surface area contributed by atoms with Crippen LogP contribution in [0.4, 0.5) is 0 Å². The lowest BCUT2D eigenvalue weighted by molar-refractivity contribution is -0.219. The van der Waals surface area contributed by atoms with Gasteiger partial charge in [-0.25, -0.2) is 0 Å². The van der Waals surface area contributed by atoms with Crippen molar-refractivity contribution in [3.05, 3.63) is 0 Å². The fourth-order valence-electron chi connectivity index (χ4n) is 2.32. The lowest BCUT2D eigenvalue weighted by atomic mass is 9.98. The molecule has 0 aliphatic carbocycles. The van der Waals surface area contributed by atoms with E-state index in [9.17, 15) is 5.11 Å². The Balaban J connectivity index is 2.19. The number of rotatable bonds is 1. The molecule has 0 bridgehead atoms. The third-order valence-corrected chi connectivity index (χ3v) is 3.10. The minimum Gasteiger partial charge on any atom is -0.385 e. The van der Waals surface area contributed by atoms with E-state index in [1.807, 2.05) is 20.8 Å². The second-order valence-corrected chi connectivity index (χ2v) is 4.97. The second-order valence-electron chi connectivity index (χ2n) is 4.97. The predicted molar refractivity (Wildman–Crippen MR) is 55.7 cm³/mol. The van der Waals surface area contributed by atoms with Gasteiger partial charge in [-0.1, -0.05) is 6.92 Å². The maximum absolute atomic E-state index is 10.1. The molecule has 2 aliphatic heterocycles. The summed E-state index contributed by atoms with van der Waals surface area (Å²) in [7, 11) is 1.51. The molecule has 2 heterocycles. The topological polar surface area (TPSA) is 57.2 Å². The molecular weight excluding hydrogens is 212 g/mol. The molecule has 1 N–H and O–H groups in total. The van der Waals surface area contributed by atoms with Crippen molar-refractivity contribution >= 4 is 0 Å². The summed E-state index contributed by atoms with van der Waals surface area (Å²) in [6.07, 6.45) is -2.00. The van der Waals surface area contributed by atoms with Crippen molar-refractivity contribution in [1.82, 2.24) is 0 Å². The van der Waals surface area contributed by atoms with Gasteiger partial charge in [0.05, 0.1) is 12.7 Å². The van der Waals surface area contributed by atoms with Crippen molar-refractivity contribution in [2.24, 2.45) is 5.92 Å². The van der Waals surface area contributed by atoms with Crippen LogP contribution in [0.2, 0.25) is 0 Å². The van der Waals surface area contributed by atoms with Gasteiger partial charge in [0, 0.05) is 13.0 Å². The maximum atomic E-state index is 10.1. The highest BCUT2D eigenvalue weighted by molar-refractivity contribution is 4.92. The summed E-state index contributed by atoms with van der Waals surface area (Å²) in [6.45, 7) is 6.22. The molecular formula is C11H20O5. The first-order chi connectivity index (χ1) is 7.44. The average Bonchev–Trinajstić information content (AvgIpc) is 2.50. The summed E-state index contributed by atoms with van der Waals surface area (Å²) in [6, 6.07) is 0. The smallest absolute Gasteiger partial charge is 0.185 e. The Morgan fingerprint density at radius 3 is 2.50 bits per heavy atom. The standard InChI is InChI=1S/C11H20O5/c1-6-5-14-10(13-4)7(12)9-8(6)15-11(2,3)16-9/h6-10,12H,5H2,1-4H3. The quantitative estimate of drug-likeness (QED) is 0.713. The summed E-state index contributed by atoms with van der Waals surface area (Å²) in [4.78, 5) is 0. The normalized spacial score (nSPS) is 47.4. The second kappa shape index (κ2) is 4.23. The fraction of sp³-hybridized carbons (Fsp3) is 1.00. The number of fused-ring (bicyclic) bond motifs is 1. The molecule has 2 saturated heterocycles. The molecule has 94 valence electrons. The van der Waals surface area contributed by atoms with Crippen molar-refractivity contribution in [3.63, 3.8) is 0 Å². The van der Waals surface area contributed by atoms with Crippen LogP contribution >= 0.6 is 0 Å². The number of ether oxygens (including phenoxy) is 4. The molecule has 5 unspecified atom stereocenters. The predicted octanol–water partition coefficient (Wildman–Crippen LogP) is 0.506.